The molecule has 0 saturated heterocycles. The summed E-state index contributed by atoms with van der Waals surface area (Å²) in [6.07, 6.45) is 1.62. The second kappa shape index (κ2) is 6.38. The van der Waals surface area contributed by atoms with Crippen molar-refractivity contribution in [3.8, 4) is 0 Å². The average molecular weight is 278 g/mol. The summed E-state index contributed by atoms with van der Waals surface area (Å²) in [7, 11) is 0. The van der Waals surface area contributed by atoms with Crippen molar-refractivity contribution in [3.63, 3.8) is 0 Å². The minimum absolute atomic E-state index is 0.135. The summed E-state index contributed by atoms with van der Waals surface area (Å²) < 4.78 is 6.84. The Morgan fingerprint density at radius 3 is 2.90 bits per heavy atom. The van der Waals surface area contributed by atoms with Crippen molar-refractivity contribution in [2.75, 3.05) is 13.2 Å². The van der Waals surface area contributed by atoms with Crippen LogP contribution in [0.2, 0.25) is 0 Å². The highest BCUT2D eigenvalue weighted by Gasteiger charge is 2.14. The van der Waals surface area contributed by atoms with Crippen LogP contribution in [0, 0.1) is 0 Å². The number of nitrogens with one attached hydrogen (secondary N) is 1. The van der Waals surface area contributed by atoms with Crippen molar-refractivity contribution in [2.24, 2.45) is 0 Å². The second-order valence-electron chi connectivity index (χ2n) is 4.55. The van der Waals surface area contributed by atoms with Crippen LogP contribution in [0.25, 0.3) is 11.0 Å². The van der Waals surface area contributed by atoms with E-state index in [1.54, 1.807) is 12.1 Å². The van der Waals surface area contributed by atoms with Gasteiger partial charge in [0.05, 0.1) is 16.6 Å². The number of fused-ring (bicyclic) bond motifs is 1. The first kappa shape index (κ1) is 14.3. The highest BCUT2D eigenvalue weighted by molar-refractivity contribution is 6.01. The maximum Gasteiger partial charge on any atom is 0.337 e. The minimum atomic E-state index is -1.04. The van der Waals surface area contributed by atoms with Crippen LogP contribution in [0.4, 0.5) is 0 Å². The molecule has 1 aromatic carbocycles. The lowest BCUT2D eigenvalue weighted by Gasteiger charge is -2.06. The van der Waals surface area contributed by atoms with E-state index in [-0.39, 0.29) is 11.3 Å². The lowest BCUT2D eigenvalue weighted by atomic mass is 10.2. The van der Waals surface area contributed by atoms with Gasteiger partial charge in [-0.3, -0.25) is 4.57 Å². The number of H-pyrrole nitrogens is 1. The molecule has 0 radical (unpaired) electrons. The topological polar surface area (TPSA) is 84.3 Å². The van der Waals surface area contributed by atoms with E-state index in [0.717, 1.165) is 6.42 Å². The van der Waals surface area contributed by atoms with Crippen LogP contribution >= 0.6 is 0 Å². The fraction of sp³-hybridized carbons (Fsp3) is 0.429. The number of imidazole rings is 1. The molecule has 2 aromatic rings. The zero-order chi connectivity index (χ0) is 14.5. The zero-order valence-corrected chi connectivity index (χ0v) is 11.4. The van der Waals surface area contributed by atoms with Crippen LogP contribution in [0.5, 0.6) is 0 Å². The first-order chi connectivity index (χ1) is 9.65. The molecular weight excluding hydrogens is 260 g/mol. The van der Waals surface area contributed by atoms with Gasteiger partial charge in [-0.05, 0) is 25.0 Å². The molecule has 2 N–H and O–H groups in total. The average Bonchev–Trinajstić information content (AvgIpc) is 2.74. The third-order valence-corrected chi connectivity index (χ3v) is 3.04. The summed E-state index contributed by atoms with van der Waals surface area (Å²) in [5.41, 5.74) is 0.837. The number of carbonyl (C=O) groups is 1. The van der Waals surface area contributed by atoms with Crippen LogP contribution in [0.3, 0.4) is 0 Å². The Bertz CT molecular complexity index is 657. The summed E-state index contributed by atoms with van der Waals surface area (Å²) in [5.74, 6) is -1.04. The van der Waals surface area contributed by atoms with Gasteiger partial charge in [0.1, 0.15) is 0 Å². The fourth-order valence-electron chi connectivity index (χ4n) is 2.18. The first-order valence-corrected chi connectivity index (χ1v) is 6.67. The number of aromatic amines is 1. The number of hydrogen-bond acceptors (Lipinski definition) is 3. The molecule has 0 unspecified atom stereocenters. The number of aryl methyl sites for hydroxylation is 1. The van der Waals surface area contributed by atoms with E-state index in [0.29, 0.717) is 37.2 Å². The Labute approximate surface area is 116 Å². The molecule has 0 aliphatic carbocycles. The summed E-state index contributed by atoms with van der Waals surface area (Å²) in [6, 6.07) is 4.83. The molecule has 2 rings (SSSR count). The first-order valence-electron chi connectivity index (χ1n) is 6.67. The number of aromatic carboxylic acids is 1. The SMILES string of the molecule is CCCOCCCn1c(=O)[nH]c2cccc(C(=O)O)c21. The maximum absolute atomic E-state index is 11.9. The number of nitrogens with zero attached hydrogens (tertiary/aromatic N) is 1. The highest BCUT2D eigenvalue weighted by Crippen LogP contribution is 2.16. The Kier molecular flexibility index (Phi) is 4.57. The number of aromatic nitrogens is 2. The molecule has 0 fully saturated rings. The lowest BCUT2D eigenvalue weighted by molar-refractivity contribution is 0.0698. The van der Waals surface area contributed by atoms with E-state index < -0.39 is 5.97 Å². The normalized spacial score (nSPS) is 11.1. The number of para-hydroxylation sites is 1. The molecule has 1 aromatic heterocycles. The van der Waals surface area contributed by atoms with Gasteiger partial charge >= 0.3 is 11.7 Å². The van der Waals surface area contributed by atoms with Gasteiger partial charge in [-0.25, -0.2) is 9.59 Å². The van der Waals surface area contributed by atoms with Crippen molar-refractivity contribution in [1.82, 2.24) is 9.55 Å². The summed E-state index contributed by atoms with van der Waals surface area (Å²) in [5, 5.41) is 9.20. The Morgan fingerprint density at radius 1 is 1.40 bits per heavy atom. The van der Waals surface area contributed by atoms with Crippen LogP contribution in [-0.4, -0.2) is 33.8 Å². The zero-order valence-electron chi connectivity index (χ0n) is 11.4. The van der Waals surface area contributed by atoms with Crippen molar-refractivity contribution in [2.45, 2.75) is 26.3 Å². The molecule has 6 heteroatoms. The number of carboxylic acids is 1. The Balaban J connectivity index is 2.26. The minimum Gasteiger partial charge on any atom is -0.478 e. The molecule has 0 spiro atoms. The molecule has 20 heavy (non-hydrogen) atoms. The molecule has 0 aliphatic heterocycles. The van der Waals surface area contributed by atoms with Gasteiger partial charge in [0.2, 0.25) is 0 Å². The van der Waals surface area contributed by atoms with E-state index in [1.807, 2.05) is 6.92 Å². The van der Waals surface area contributed by atoms with Gasteiger partial charge in [0, 0.05) is 19.8 Å². The number of rotatable bonds is 7. The molecule has 108 valence electrons. The third-order valence-electron chi connectivity index (χ3n) is 3.04. The summed E-state index contributed by atoms with van der Waals surface area (Å²) >= 11 is 0. The van der Waals surface area contributed by atoms with E-state index >= 15 is 0 Å². The molecule has 0 atom stereocenters. The Hall–Kier alpha value is -2.08. The number of hydrogen-bond donors (Lipinski definition) is 2. The molecular formula is C14H18N2O4. The predicted octanol–water partition coefficient (Wildman–Crippen LogP) is 1.84. The van der Waals surface area contributed by atoms with E-state index in [1.165, 1.54) is 10.6 Å². The highest BCUT2D eigenvalue weighted by atomic mass is 16.5. The molecule has 1 heterocycles. The lowest BCUT2D eigenvalue weighted by Crippen LogP contribution is -2.18. The van der Waals surface area contributed by atoms with Gasteiger partial charge < -0.3 is 14.8 Å². The van der Waals surface area contributed by atoms with Crippen LogP contribution in [0.1, 0.15) is 30.1 Å². The molecule has 0 saturated carbocycles. The number of benzene rings is 1. The van der Waals surface area contributed by atoms with Crippen molar-refractivity contribution in [1.29, 1.82) is 0 Å². The van der Waals surface area contributed by atoms with E-state index in [4.69, 9.17) is 4.74 Å². The maximum atomic E-state index is 11.9. The van der Waals surface area contributed by atoms with Crippen molar-refractivity contribution in [3.05, 3.63) is 34.2 Å². The quantitative estimate of drug-likeness (QED) is 0.757. The van der Waals surface area contributed by atoms with Crippen LogP contribution in [-0.2, 0) is 11.3 Å². The van der Waals surface area contributed by atoms with E-state index in [2.05, 4.69) is 4.98 Å². The molecule has 0 bridgehead atoms. The number of carboxylic acid groups (broad SMARTS) is 1. The van der Waals surface area contributed by atoms with E-state index in [9.17, 15) is 14.7 Å². The third kappa shape index (κ3) is 2.91. The van der Waals surface area contributed by atoms with Gasteiger partial charge in [-0.1, -0.05) is 13.0 Å². The van der Waals surface area contributed by atoms with Crippen molar-refractivity contribution >= 4 is 17.0 Å². The molecule has 0 aliphatic rings. The summed E-state index contributed by atoms with van der Waals surface area (Å²) in [4.78, 5) is 25.8. The second-order valence-corrected chi connectivity index (χ2v) is 4.55. The van der Waals surface area contributed by atoms with Crippen LogP contribution in [0.15, 0.2) is 23.0 Å². The summed E-state index contributed by atoms with van der Waals surface area (Å²) in [6.45, 7) is 3.72. The van der Waals surface area contributed by atoms with Crippen molar-refractivity contribution < 1.29 is 14.6 Å². The largest absolute Gasteiger partial charge is 0.478 e. The number of ether oxygens (including phenoxy) is 1. The molecule has 6 nitrogen and oxygen atoms in total. The monoisotopic (exact) mass is 278 g/mol. The smallest absolute Gasteiger partial charge is 0.337 e. The fourth-order valence-corrected chi connectivity index (χ4v) is 2.18. The predicted molar refractivity (Wildman–Crippen MR) is 75.2 cm³/mol. The van der Waals surface area contributed by atoms with Gasteiger partial charge in [0.15, 0.2) is 0 Å². The molecule has 0 amide bonds. The standard InChI is InChI=1S/C14H18N2O4/c1-2-8-20-9-4-7-16-12-10(13(17)18)5-3-6-11(12)15-14(16)19/h3,5-6H,2,4,7-9H2,1H3,(H,15,19)(H,17,18). The van der Waals surface area contributed by atoms with Crippen LogP contribution < -0.4 is 5.69 Å². The Morgan fingerprint density at radius 2 is 2.20 bits per heavy atom. The van der Waals surface area contributed by atoms with Gasteiger partial charge in [-0.15, -0.1) is 0 Å². The van der Waals surface area contributed by atoms with Gasteiger partial charge in [0.25, 0.3) is 0 Å². The van der Waals surface area contributed by atoms with Gasteiger partial charge in [-0.2, -0.15) is 0 Å².